The lowest BCUT2D eigenvalue weighted by atomic mass is 10.0. The number of nitrogens with zero attached hydrogens (tertiary/aromatic N) is 4. The predicted octanol–water partition coefficient (Wildman–Crippen LogP) is 4.25. The van der Waals surface area contributed by atoms with Crippen LogP contribution in [0.4, 0.5) is 26.3 Å². The van der Waals surface area contributed by atoms with Crippen molar-refractivity contribution in [2.24, 2.45) is 0 Å². The molecule has 0 aliphatic rings. The van der Waals surface area contributed by atoms with Gasteiger partial charge in [-0.1, -0.05) is 0 Å². The maximum atomic E-state index is 12.7. The molecule has 1 N–H and O–H groups in total. The summed E-state index contributed by atoms with van der Waals surface area (Å²) in [5.41, 5.74) is -1.40. The lowest BCUT2D eigenvalue weighted by Crippen LogP contribution is -2.48. The quantitative estimate of drug-likeness (QED) is 0.522. The summed E-state index contributed by atoms with van der Waals surface area (Å²) < 4.78 is 82.7. The normalized spacial score (nSPS) is 13.7. The van der Waals surface area contributed by atoms with E-state index in [1.165, 1.54) is 19.9 Å². The minimum atomic E-state index is -4.96. The maximum absolute atomic E-state index is 12.7. The molecule has 0 saturated carbocycles. The lowest BCUT2D eigenvalue weighted by molar-refractivity contribution is -0.275. The highest BCUT2D eigenvalue weighted by molar-refractivity contribution is 5.95. The van der Waals surface area contributed by atoms with Crippen LogP contribution in [0.3, 0.4) is 0 Å². The number of hydrogen-bond acceptors (Lipinski definition) is 6. The van der Waals surface area contributed by atoms with Crippen molar-refractivity contribution < 1.29 is 40.6 Å². The van der Waals surface area contributed by atoms with E-state index in [4.69, 9.17) is 0 Å². The predicted molar refractivity (Wildman–Crippen MR) is 104 cm³/mol. The van der Waals surface area contributed by atoms with Crippen molar-refractivity contribution in [2.75, 3.05) is 0 Å². The van der Waals surface area contributed by atoms with Crippen molar-refractivity contribution in [3.05, 3.63) is 47.5 Å². The van der Waals surface area contributed by atoms with Crippen LogP contribution in [-0.2, 0) is 6.54 Å². The van der Waals surface area contributed by atoms with Crippen molar-refractivity contribution in [2.45, 2.75) is 38.7 Å². The van der Waals surface area contributed by atoms with Gasteiger partial charge in [-0.05, 0) is 55.8 Å². The highest BCUT2D eigenvalue weighted by atomic mass is 19.4. The van der Waals surface area contributed by atoms with E-state index in [9.17, 15) is 36.4 Å². The average Bonchev–Trinajstić information content (AvgIpc) is 3.08. The number of nitrogens with one attached hydrogen (secondary N) is 1. The van der Waals surface area contributed by atoms with Crippen molar-refractivity contribution in [1.29, 1.82) is 5.26 Å². The monoisotopic (exact) mass is 487 g/mol. The number of rotatable bonds is 6. The summed E-state index contributed by atoms with van der Waals surface area (Å²) in [6, 6.07) is 8.45. The van der Waals surface area contributed by atoms with Gasteiger partial charge in [0.2, 0.25) is 0 Å². The fourth-order valence-corrected chi connectivity index (χ4v) is 2.96. The minimum absolute atomic E-state index is 0.0638. The standard InChI is InChI=1S/C20H15F6N5O3/c1-11-7-14-16(15(8-11)34-20(24,25)26)30-31(29-14)10-18(2,9-27)28-17(32)12-3-5-13(6-4-12)33-19(21,22)23/h3-8H,10H2,1-2H3,(H,28,32). The molecule has 0 radical (unpaired) electrons. The molecule has 3 rings (SSSR count). The molecular weight excluding hydrogens is 472 g/mol. The van der Waals surface area contributed by atoms with E-state index in [2.05, 4.69) is 25.0 Å². The Morgan fingerprint density at radius 1 is 1.06 bits per heavy atom. The van der Waals surface area contributed by atoms with Gasteiger partial charge in [-0.25, -0.2) is 0 Å². The van der Waals surface area contributed by atoms with Gasteiger partial charge in [0.15, 0.2) is 11.3 Å². The van der Waals surface area contributed by atoms with Gasteiger partial charge in [0.1, 0.15) is 16.8 Å². The second kappa shape index (κ2) is 8.73. The van der Waals surface area contributed by atoms with Crippen LogP contribution in [-0.4, -0.2) is 39.2 Å². The number of carbonyl (C=O) groups excluding carboxylic acids is 1. The van der Waals surface area contributed by atoms with Crippen LogP contribution >= 0.6 is 0 Å². The van der Waals surface area contributed by atoms with E-state index >= 15 is 0 Å². The third-order valence-electron chi connectivity index (χ3n) is 4.31. The van der Waals surface area contributed by atoms with Gasteiger partial charge in [0.25, 0.3) is 5.91 Å². The second-order valence-corrected chi connectivity index (χ2v) is 7.38. The van der Waals surface area contributed by atoms with Gasteiger partial charge in [-0.15, -0.1) is 31.4 Å². The fraction of sp³-hybridized carbons (Fsp3) is 0.300. The molecular formula is C20H15F6N5O3. The minimum Gasteiger partial charge on any atom is -0.406 e. The third kappa shape index (κ3) is 6.27. The molecule has 1 unspecified atom stereocenters. The van der Waals surface area contributed by atoms with Crippen LogP contribution in [0.2, 0.25) is 0 Å². The number of fused-ring (bicyclic) bond motifs is 1. The molecule has 0 spiro atoms. The maximum Gasteiger partial charge on any atom is 0.573 e. The summed E-state index contributed by atoms with van der Waals surface area (Å²) in [7, 11) is 0. The summed E-state index contributed by atoms with van der Waals surface area (Å²) in [4.78, 5) is 13.5. The molecule has 180 valence electrons. The molecule has 14 heteroatoms. The van der Waals surface area contributed by atoms with Crippen LogP contribution in [0, 0.1) is 18.3 Å². The van der Waals surface area contributed by atoms with Crippen LogP contribution in [0.1, 0.15) is 22.8 Å². The summed E-state index contributed by atoms with van der Waals surface area (Å²) in [6.45, 7) is 2.49. The Hall–Kier alpha value is -4.02. The van der Waals surface area contributed by atoms with Gasteiger partial charge in [-0.3, -0.25) is 4.79 Å². The van der Waals surface area contributed by atoms with Gasteiger partial charge in [-0.2, -0.15) is 15.2 Å². The number of carbonyl (C=O) groups is 1. The van der Waals surface area contributed by atoms with Gasteiger partial charge in [0.05, 0.1) is 12.6 Å². The van der Waals surface area contributed by atoms with E-state index in [0.717, 1.165) is 35.1 Å². The first-order chi connectivity index (χ1) is 15.7. The van der Waals surface area contributed by atoms with Crippen LogP contribution < -0.4 is 14.8 Å². The molecule has 0 saturated heterocycles. The molecule has 0 bridgehead atoms. The number of aryl methyl sites for hydroxylation is 1. The average molecular weight is 487 g/mol. The molecule has 1 heterocycles. The highest BCUT2D eigenvalue weighted by Crippen LogP contribution is 2.30. The molecule has 0 aliphatic heterocycles. The van der Waals surface area contributed by atoms with Crippen molar-refractivity contribution in [1.82, 2.24) is 20.3 Å². The topological polar surface area (TPSA) is 102 Å². The second-order valence-electron chi connectivity index (χ2n) is 7.38. The molecule has 1 amide bonds. The first kappa shape index (κ1) is 24.6. The van der Waals surface area contributed by atoms with E-state index in [1.54, 1.807) is 0 Å². The van der Waals surface area contributed by atoms with E-state index in [0.29, 0.717) is 5.56 Å². The van der Waals surface area contributed by atoms with E-state index in [1.807, 2.05) is 6.07 Å². The SMILES string of the molecule is Cc1cc(OC(F)(F)F)c2nn(CC(C)(C#N)NC(=O)c3ccc(OC(F)(F)F)cc3)nc2c1. The number of amides is 1. The van der Waals surface area contributed by atoms with Gasteiger partial charge < -0.3 is 14.8 Å². The lowest BCUT2D eigenvalue weighted by Gasteiger charge is -2.22. The smallest absolute Gasteiger partial charge is 0.406 e. The van der Waals surface area contributed by atoms with E-state index < -0.39 is 35.7 Å². The Balaban J connectivity index is 1.80. The largest absolute Gasteiger partial charge is 0.573 e. The Morgan fingerprint density at radius 3 is 2.24 bits per heavy atom. The molecule has 8 nitrogen and oxygen atoms in total. The number of alkyl halides is 6. The Morgan fingerprint density at radius 2 is 1.68 bits per heavy atom. The molecule has 0 aliphatic carbocycles. The number of benzene rings is 2. The van der Waals surface area contributed by atoms with Crippen LogP contribution in [0.5, 0.6) is 11.5 Å². The first-order valence-electron chi connectivity index (χ1n) is 9.37. The Labute approximate surface area is 187 Å². The van der Waals surface area contributed by atoms with Gasteiger partial charge in [0, 0.05) is 5.56 Å². The zero-order valence-corrected chi connectivity index (χ0v) is 17.5. The summed E-state index contributed by atoms with van der Waals surface area (Å²) >= 11 is 0. The van der Waals surface area contributed by atoms with Crippen molar-refractivity contribution >= 4 is 16.9 Å². The van der Waals surface area contributed by atoms with E-state index in [-0.39, 0.29) is 23.1 Å². The highest BCUT2D eigenvalue weighted by Gasteiger charge is 2.34. The first-order valence-corrected chi connectivity index (χ1v) is 9.37. The summed E-state index contributed by atoms with van der Waals surface area (Å²) in [6.07, 6.45) is -9.85. The molecule has 0 fully saturated rings. The van der Waals surface area contributed by atoms with Crippen LogP contribution in [0.25, 0.3) is 11.0 Å². The molecule has 1 atom stereocenters. The number of nitriles is 1. The zero-order chi connectivity index (χ0) is 25.3. The summed E-state index contributed by atoms with van der Waals surface area (Å²) in [5, 5.41) is 20.0. The zero-order valence-electron chi connectivity index (χ0n) is 17.5. The Kier molecular flexibility index (Phi) is 6.32. The van der Waals surface area contributed by atoms with Crippen molar-refractivity contribution in [3.63, 3.8) is 0 Å². The van der Waals surface area contributed by atoms with Crippen LogP contribution in [0.15, 0.2) is 36.4 Å². The fourth-order valence-electron chi connectivity index (χ4n) is 2.96. The Bertz CT molecular complexity index is 1250. The van der Waals surface area contributed by atoms with Crippen molar-refractivity contribution in [3.8, 4) is 17.6 Å². The molecule has 3 aromatic rings. The molecule has 34 heavy (non-hydrogen) atoms. The summed E-state index contributed by atoms with van der Waals surface area (Å²) in [5.74, 6) is -1.90. The molecule has 1 aromatic heterocycles. The number of hydrogen-bond donors (Lipinski definition) is 1. The number of ether oxygens (including phenoxy) is 2. The number of aromatic nitrogens is 3. The van der Waals surface area contributed by atoms with Gasteiger partial charge >= 0.3 is 12.7 Å². The molecule has 2 aromatic carbocycles. The third-order valence-corrected chi connectivity index (χ3v) is 4.31. The number of halogens is 6.